The lowest BCUT2D eigenvalue weighted by Crippen LogP contribution is -2.03. The minimum atomic E-state index is -0.384. The van der Waals surface area contributed by atoms with Gasteiger partial charge < -0.3 is 5.32 Å². The Morgan fingerprint density at radius 1 is 1.29 bits per heavy atom. The molecule has 7 heteroatoms. The average Bonchev–Trinajstić information content (AvgIpc) is 2.93. The number of rotatable bonds is 4. The molecule has 21 heavy (non-hydrogen) atoms. The van der Waals surface area contributed by atoms with Crippen molar-refractivity contribution in [1.82, 2.24) is 4.98 Å². The van der Waals surface area contributed by atoms with Gasteiger partial charge in [0.05, 0.1) is 15.1 Å². The van der Waals surface area contributed by atoms with E-state index in [-0.39, 0.29) is 10.6 Å². The van der Waals surface area contributed by atoms with E-state index in [1.165, 1.54) is 11.3 Å². The molecule has 0 aliphatic rings. The Bertz CT molecular complexity index is 819. The molecule has 0 spiro atoms. The fraction of sp³-hybridized carbons (Fsp3) is 0.0714. The third-order valence-corrected chi connectivity index (χ3v) is 4.65. The van der Waals surface area contributed by atoms with Crippen LogP contribution in [-0.4, -0.2) is 9.91 Å². The quantitative estimate of drug-likeness (QED) is 0.544. The summed E-state index contributed by atoms with van der Waals surface area (Å²) >= 11 is 4.86. The van der Waals surface area contributed by atoms with Crippen LogP contribution < -0.4 is 5.32 Å². The van der Waals surface area contributed by atoms with E-state index in [1.54, 1.807) is 11.6 Å². The van der Waals surface area contributed by atoms with Crippen LogP contribution >= 0.6 is 27.3 Å². The molecular weight excluding hydrogens is 354 g/mol. The molecule has 2 aromatic carbocycles. The van der Waals surface area contributed by atoms with Gasteiger partial charge in [0.15, 0.2) is 5.52 Å². The van der Waals surface area contributed by atoms with Gasteiger partial charge >= 0.3 is 5.69 Å². The Balaban J connectivity index is 1.95. The molecule has 1 N–H and O–H groups in total. The summed E-state index contributed by atoms with van der Waals surface area (Å²) in [5.74, 6) is 0. The summed E-state index contributed by atoms with van der Waals surface area (Å²) in [5.41, 5.74) is 3.59. The second-order valence-corrected chi connectivity index (χ2v) is 6.10. The average molecular weight is 364 g/mol. The van der Waals surface area contributed by atoms with Gasteiger partial charge in [-0.25, -0.2) is 4.98 Å². The Kier molecular flexibility index (Phi) is 3.85. The highest BCUT2D eigenvalue weighted by Gasteiger charge is 2.20. The van der Waals surface area contributed by atoms with Crippen LogP contribution in [0.2, 0.25) is 0 Å². The third-order valence-electron chi connectivity index (χ3n) is 3.09. The van der Waals surface area contributed by atoms with E-state index in [9.17, 15) is 10.1 Å². The van der Waals surface area contributed by atoms with Crippen LogP contribution in [0.4, 0.5) is 11.4 Å². The van der Waals surface area contributed by atoms with Gasteiger partial charge in [0, 0.05) is 11.0 Å². The molecule has 1 heterocycles. The van der Waals surface area contributed by atoms with E-state index in [0.29, 0.717) is 17.7 Å². The summed E-state index contributed by atoms with van der Waals surface area (Å²) in [4.78, 5) is 15.0. The molecule has 0 saturated carbocycles. The first kappa shape index (κ1) is 14.0. The second-order valence-electron chi connectivity index (χ2n) is 4.36. The van der Waals surface area contributed by atoms with Crippen LogP contribution in [-0.2, 0) is 6.54 Å². The van der Waals surface area contributed by atoms with E-state index in [4.69, 9.17) is 0 Å². The maximum Gasteiger partial charge on any atom is 0.319 e. The smallest absolute Gasteiger partial charge is 0.319 e. The molecule has 0 amide bonds. The van der Waals surface area contributed by atoms with Crippen molar-refractivity contribution in [1.29, 1.82) is 0 Å². The van der Waals surface area contributed by atoms with Crippen molar-refractivity contribution in [3.8, 4) is 0 Å². The van der Waals surface area contributed by atoms with Gasteiger partial charge in [0.1, 0.15) is 5.69 Å². The van der Waals surface area contributed by atoms with Crippen LogP contribution in [0.5, 0.6) is 0 Å². The zero-order chi connectivity index (χ0) is 14.8. The molecule has 0 unspecified atom stereocenters. The largest absolute Gasteiger partial charge is 0.375 e. The predicted molar refractivity (Wildman–Crippen MR) is 87.7 cm³/mol. The number of thiazole rings is 1. The molecule has 0 bridgehead atoms. The maximum absolute atomic E-state index is 11.3. The minimum absolute atomic E-state index is 0.0285. The Hall–Kier alpha value is -1.99. The first-order chi connectivity index (χ1) is 10.2. The lowest BCUT2D eigenvalue weighted by atomic mass is 10.2. The third kappa shape index (κ3) is 2.74. The fourth-order valence-electron chi connectivity index (χ4n) is 2.08. The number of fused-ring (bicyclic) bond motifs is 1. The molecule has 0 aliphatic heterocycles. The zero-order valence-electron chi connectivity index (χ0n) is 10.7. The van der Waals surface area contributed by atoms with Crippen molar-refractivity contribution in [3.63, 3.8) is 0 Å². The van der Waals surface area contributed by atoms with Gasteiger partial charge in [-0.1, -0.05) is 34.1 Å². The van der Waals surface area contributed by atoms with Crippen LogP contribution in [0.15, 0.2) is 46.4 Å². The van der Waals surface area contributed by atoms with E-state index in [1.807, 2.05) is 30.3 Å². The Morgan fingerprint density at radius 3 is 2.86 bits per heavy atom. The fourth-order valence-corrected chi connectivity index (χ4v) is 3.18. The monoisotopic (exact) mass is 363 g/mol. The predicted octanol–water partition coefficient (Wildman–Crippen LogP) is 4.58. The number of anilines is 1. The number of hydrogen-bond donors (Lipinski definition) is 1. The number of nitrogens with zero attached hydrogens (tertiary/aromatic N) is 2. The van der Waals surface area contributed by atoms with Crippen LogP contribution in [0.3, 0.4) is 0 Å². The van der Waals surface area contributed by atoms with E-state index >= 15 is 0 Å². The molecule has 5 nitrogen and oxygen atoms in total. The maximum atomic E-state index is 11.3. The van der Waals surface area contributed by atoms with E-state index in [0.717, 1.165) is 14.7 Å². The standard InChI is InChI=1S/C14H10BrN3O2S/c15-10-4-2-1-3-9(10)7-16-11-5-6-12-13(17-8-21-12)14(11)18(19)20/h1-6,8,16H,7H2. The summed E-state index contributed by atoms with van der Waals surface area (Å²) in [6.07, 6.45) is 0. The van der Waals surface area contributed by atoms with E-state index in [2.05, 4.69) is 26.2 Å². The molecule has 0 aliphatic carbocycles. The number of nitro benzene ring substituents is 1. The summed E-state index contributed by atoms with van der Waals surface area (Å²) in [6, 6.07) is 11.3. The first-order valence-electron chi connectivity index (χ1n) is 6.14. The molecule has 0 atom stereocenters. The van der Waals surface area contributed by atoms with Crippen LogP contribution in [0, 0.1) is 10.1 Å². The van der Waals surface area contributed by atoms with Crippen molar-refractivity contribution >= 4 is 48.9 Å². The highest BCUT2D eigenvalue weighted by molar-refractivity contribution is 9.10. The number of nitro groups is 1. The van der Waals surface area contributed by atoms with Crippen molar-refractivity contribution in [3.05, 3.63) is 62.1 Å². The van der Waals surface area contributed by atoms with Gasteiger partial charge in [0.25, 0.3) is 0 Å². The number of halogens is 1. The first-order valence-corrected chi connectivity index (χ1v) is 7.82. The Morgan fingerprint density at radius 2 is 2.10 bits per heavy atom. The zero-order valence-corrected chi connectivity index (χ0v) is 13.1. The van der Waals surface area contributed by atoms with Crippen LogP contribution in [0.25, 0.3) is 10.2 Å². The molecule has 106 valence electrons. The van der Waals surface area contributed by atoms with Gasteiger partial charge in [-0.2, -0.15) is 0 Å². The van der Waals surface area contributed by atoms with Gasteiger partial charge in [-0.3, -0.25) is 10.1 Å². The number of benzene rings is 2. The highest BCUT2D eigenvalue weighted by atomic mass is 79.9. The SMILES string of the molecule is O=[N+]([O-])c1c(NCc2ccccc2Br)ccc2scnc12. The van der Waals surface area contributed by atoms with Crippen LogP contribution in [0.1, 0.15) is 5.56 Å². The molecule has 3 aromatic rings. The van der Waals surface area contributed by atoms with Gasteiger partial charge in [0.2, 0.25) is 0 Å². The lowest BCUT2D eigenvalue weighted by Gasteiger charge is -2.09. The second kappa shape index (κ2) is 5.79. The Labute approximate surface area is 132 Å². The van der Waals surface area contributed by atoms with Crippen molar-refractivity contribution in [2.75, 3.05) is 5.32 Å². The lowest BCUT2D eigenvalue weighted by molar-refractivity contribution is -0.382. The molecule has 0 saturated heterocycles. The van der Waals surface area contributed by atoms with Crippen molar-refractivity contribution < 1.29 is 4.92 Å². The molecule has 3 rings (SSSR count). The van der Waals surface area contributed by atoms with Crippen molar-refractivity contribution in [2.24, 2.45) is 0 Å². The number of hydrogen-bond acceptors (Lipinski definition) is 5. The van der Waals surface area contributed by atoms with Crippen molar-refractivity contribution in [2.45, 2.75) is 6.54 Å². The minimum Gasteiger partial charge on any atom is -0.375 e. The van der Waals surface area contributed by atoms with Gasteiger partial charge in [-0.15, -0.1) is 11.3 Å². The normalized spacial score (nSPS) is 10.7. The molecule has 1 aromatic heterocycles. The number of nitrogens with one attached hydrogen (secondary N) is 1. The molecule has 0 fully saturated rings. The van der Waals surface area contributed by atoms with Gasteiger partial charge in [-0.05, 0) is 23.8 Å². The topological polar surface area (TPSA) is 68.1 Å². The highest BCUT2D eigenvalue weighted by Crippen LogP contribution is 2.34. The van der Waals surface area contributed by atoms with E-state index < -0.39 is 0 Å². The molecular formula is C14H10BrN3O2S. The number of aromatic nitrogens is 1. The summed E-state index contributed by atoms with van der Waals surface area (Å²) in [5, 5.41) is 14.5. The summed E-state index contributed by atoms with van der Waals surface area (Å²) in [6.45, 7) is 0.498. The molecule has 0 radical (unpaired) electrons. The summed E-state index contributed by atoms with van der Waals surface area (Å²) < 4.78 is 1.78. The summed E-state index contributed by atoms with van der Waals surface area (Å²) in [7, 11) is 0.